The van der Waals surface area contributed by atoms with Crippen molar-refractivity contribution >= 4 is 31.7 Å². The molecule has 0 unspecified atom stereocenters. The Kier molecular flexibility index (Phi) is 13.3. The van der Waals surface area contributed by atoms with Crippen molar-refractivity contribution in [1.29, 1.82) is 0 Å². The number of aryl methyl sites for hydroxylation is 1. The highest BCUT2D eigenvalue weighted by Gasteiger charge is 2.23. The fraction of sp³-hybridized carbons (Fsp3) is 0.412. The average molecular weight is 592 g/mol. The van der Waals surface area contributed by atoms with Crippen LogP contribution >= 0.6 is 11.8 Å². The van der Waals surface area contributed by atoms with E-state index in [1.165, 1.54) is 0 Å². The molecule has 0 spiro atoms. The number of carbonyl (C=O) groups excluding carboxylic acids is 1. The highest BCUT2D eigenvalue weighted by molar-refractivity contribution is 7.98. The zero-order valence-corrected chi connectivity index (χ0v) is 27.0. The second-order valence-electron chi connectivity index (χ2n) is 11.5. The Morgan fingerprint density at radius 3 is 2.15 bits per heavy atom. The van der Waals surface area contributed by atoms with Crippen LogP contribution in [-0.2, 0) is 29.1 Å². The first-order chi connectivity index (χ1) is 19.7. The predicted octanol–water partition coefficient (Wildman–Crippen LogP) is 7.60. The van der Waals surface area contributed by atoms with Crippen molar-refractivity contribution in [2.45, 2.75) is 65.1 Å². The molecule has 0 aliphatic heterocycles. The molecule has 0 saturated carbocycles. The minimum atomic E-state index is -1.60. The maximum Gasteiger partial charge on any atom is 0.254 e. The lowest BCUT2D eigenvalue weighted by molar-refractivity contribution is 0.0872. The van der Waals surface area contributed by atoms with Gasteiger partial charge in [-0.05, 0) is 61.5 Å². The monoisotopic (exact) mass is 591 g/mol. The number of benzene rings is 2. The van der Waals surface area contributed by atoms with Gasteiger partial charge in [0.15, 0.2) is 5.78 Å². The standard InChI is InChI=1S/C34H45NO4SSi/c1-27(36)32-23-30(17-12-20-38-24-28-13-8-6-9-14-28)34(37)35(33(32)19-22-41(3,4)5)31(18-21-40-2)26-39-25-29-15-10-7-11-16-29/h6-11,13-16,19,22-23,31H,12,17-18,20-21,24-26H2,1-5H3/b22-19+/t31-/m0/s1. The van der Waals surface area contributed by atoms with Crippen molar-refractivity contribution < 1.29 is 14.3 Å². The number of ketones is 1. The van der Waals surface area contributed by atoms with Gasteiger partial charge in [-0.25, -0.2) is 0 Å². The molecular weight excluding hydrogens is 547 g/mol. The Morgan fingerprint density at radius 1 is 0.976 bits per heavy atom. The number of hydrogen-bond acceptors (Lipinski definition) is 5. The lowest BCUT2D eigenvalue weighted by Gasteiger charge is -2.25. The summed E-state index contributed by atoms with van der Waals surface area (Å²) in [4.78, 5) is 27.1. The molecule has 0 radical (unpaired) electrons. The normalized spacial score (nSPS) is 12.6. The molecule has 0 bridgehead atoms. The zero-order chi connectivity index (χ0) is 29.7. The number of hydrogen-bond donors (Lipinski definition) is 0. The number of rotatable bonds is 17. The predicted molar refractivity (Wildman–Crippen MR) is 176 cm³/mol. The Balaban J connectivity index is 1.92. The van der Waals surface area contributed by atoms with Crippen LogP contribution in [0.25, 0.3) is 6.08 Å². The van der Waals surface area contributed by atoms with Gasteiger partial charge in [0.25, 0.3) is 5.56 Å². The molecule has 5 nitrogen and oxygen atoms in total. The van der Waals surface area contributed by atoms with Crippen LogP contribution in [0.5, 0.6) is 0 Å². The largest absolute Gasteiger partial charge is 0.377 e. The first-order valence-corrected chi connectivity index (χ1v) is 19.4. The van der Waals surface area contributed by atoms with E-state index in [9.17, 15) is 9.59 Å². The number of nitrogens with zero attached hydrogens (tertiary/aromatic N) is 1. The van der Waals surface area contributed by atoms with E-state index in [1.807, 2.05) is 77.4 Å². The Labute approximate surface area is 251 Å². The number of pyridine rings is 1. The third-order valence-corrected chi connectivity index (χ3v) is 8.57. The highest BCUT2D eigenvalue weighted by atomic mass is 32.2. The molecule has 7 heteroatoms. The molecule has 0 fully saturated rings. The minimum Gasteiger partial charge on any atom is -0.377 e. The van der Waals surface area contributed by atoms with Gasteiger partial charge in [-0.3, -0.25) is 9.59 Å². The second kappa shape index (κ2) is 16.7. The van der Waals surface area contributed by atoms with Crippen molar-refractivity contribution in [2.24, 2.45) is 0 Å². The molecule has 1 atom stereocenters. The second-order valence-corrected chi connectivity index (χ2v) is 17.5. The number of carbonyl (C=O) groups is 1. The fourth-order valence-electron chi connectivity index (χ4n) is 4.58. The van der Waals surface area contributed by atoms with E-state index in [-0.39, 0.29) is 17.4 Å². The van der Waals surface area contributed by atoms with Gasteiger partial charge in [0.05, 0.1) is 39.6 Å². The van der Waals surface area contributed by atoms with Crippen molar-refractivity contribution in [3.8, 4) is 0 Å². The summed E-state index contributed by atoms with van der Waals surface area (Å²) in [6, 6.07) is 21.8. The Morgan fingerprint density at radius 2 is 1.59 bits per heavy atom. The van der Waals surface area contributed by atoms with E-state index in [4.69, 9.17) is 9.47 Å². The van der Waals surface area contributed by atoms with Gasteiger partial charge >= 0.3 is 0 Å². The number of thioether (sulfide) groups is 1. The molecule has 0 saturated heterocycles. The maximum absolute atomic E-state index is 14.1. The van der Waals surface area contributed by atoms with Crippen LogP contribution in [-0.4, -0.2) is 43.6 Å². The molecule has 1 aromatic heterocycles. The molecule has 220 valence electrons. The van der Waals surface area contributed by atoms with E-state index in [1.54, 1.807) is 18.7 Å². The number of ether oxygens (including phenoxy) is 2. The topological polar surface area (TPSA) is 57.5 Å². The van der Waals surface area contributed by atoms with Gasteiger partial charge in [-0.2, -0.15) is 11.8 Å². The van der Waals surface area contributed by atoms with Crippen molar-refractivity contribution in [3.05, 3.63) is 111 Å². The molecule has 0 aliphatic carbocycles. The summed E-state index contributed by atoms with van der Waals surface area (Å²) in [7, 11) is -1.60. The first kappa shape index (κ1) is 32.8. The van der Waals surface area contributed by atoms with Gasteiger partial charge in [0, 0.05) is 17.7 Å². The molecular formula is C34H45NO4SSi. The summed E-state index contributed by atoms with van der Waals surface area (Å²) in [5.41, 5.74) is 6.33. The van der Waals surface area contributed by atoms with Gasteiger partial charge in [0.2, 0.25) is 0 Å². The Hall–Kier alpha value is -2.71. The molecule has 1 heterocycles. The van der Waals surface area contributed by atoms with Crippen LogP contribution < -0.4 is 5.56 Å². The summed E-state index contributed by atoms with van der Waals surface area (Å²) in [5.74, 6) is 0.847. The number of aromatic nitrogens is 1. The van der Waals surface area contributed by atoms with Crippen molar-refractivity contribution in [1.82, 2.24) is 4.57 Å². The van der Waals surface area contributed by atoms with Crippen LogP contribution in [0.1, 0.15) is 58.5 Å². The summed E-state index contributed by atoms with van der Waals surface area (Å²) < 4.78 is 13.9. The summed E-state index contributed by atoms with van der Waals surface area (Å²) in [6.45, 7) is 10.3. The zero-order valence-electron chi connectivity index (χ0n) is 25.2. The highest BCUT2D eigenvalue weighted by Crippen LogP contribution is 2.23. The number of Topliss-reactive ketones (excluding diaryl/α,β-unsaturated/α-hetero) is 1. The van der Waals surface area contributed by atoms with E-state index < -0.39 is 8.07 Å². The molecule has 0 aliphatic rings. The Bertz CT molecular complexity index is 1320. The van der Waals surface area contributed by atoms with E-state index in [0.29, 0.717) is 56.1 Å². The third-order valence-electron chi connectivity index (χ3n) is 6.76. The van der Waals surface area contributed by atoms with Gasteiger partial charge < -0.3 is 14.0 Å². The lowest BCUT2D eigenvalue weighted by Crippen LogP contribution is -2.34. The SMILES string of the molecule is CSCC[C@@H](COCc1ccccc1)n1c(/C=C/[Si](C)(C)C)c(C(C)=O)cc(CCCOCc2ccccc2)c1=O. The minimum absolute atomic E-state index is 0.0376. The van der Waals surface area contributed by atoms with Gasteiger partial charge in [-0.1, -0.05) is 86.0 Å². The quantitative estimate of drug-likeness (QED) is 0.0919. The molecule has 2 aromatic carbocycles. The van der Waals surface area contributed by atoms with E-state index in [0.717, 1.165) is 23.3 Å². The molecule has 3 rings (SSSR count). The first-order valence-electron chi connectivity index (χ1n) is 14.4. The van der Waals surface area contributed by atoms with Crippen LogP contribution in [0.3, 0.4) is 0 Å². The van der Waals surface area contributed by atoms with Crippen molar-refractivity contribution in [2.75, 3.05) is 25.2 Å². The fourth-order valence-corrected chi connectivity index (χ4v) is 5.75. The van der Waals surface area contributed by atoms with Crippen LogP contribution in [0, 0.1) is 0 Å². The molecule has 0 amide bonds. The average Bonchev–Trinajstić information content (AvgIpc) is 2.95. The maximum atomic E-state index is 14.1. The lowest BCUT2D eigenvalue weighted by atomic mass is 10.0. The summed E-state index contributed by atoms with van der Waals surface area (Å²) in [6.07, 6.45) is 6.10. The van der Waals surface area contributed by atoms with E-state index in [2.05, 4.69) is 31.6 Å². The summed E-state index contributed by atoms with van der Waals surface area (Å²) in [5, 5.41) is 0. The van der Waals surface area contributed by atoms with Crippen LogP contribution in [0.15, 0.2) is 77.2 Å². The molecule has 3 aromatic rings. The van der Waals surface area contributed by atoms with Crippen LogP contribution in [0.4, 0.5) is 0 Å². The van der Waals surface area contributed by atoms with Gasteiger partial charge in [0.1, 0.15) is 0 Å². The van der Waals surface area contributed by atoms with Crippen LogP contribution in [0.2, 0.25) is 19.6 Å². The summed E-state index contributed by atoms with van der Waals surface area (Å²) >= 11 is 1.75. The third kappa shape index (κ3) is 10.9. The molecule has 41 heavy (non-hydrogen) atoms. The van der Waals surface area contributed by atoms with Gasteiger partial charge in [-0.15, -0.1) is 0 Å². The smallest absolute Gasteiger partial charge is 0.254 e. The van der Waals surface area contributed by atoms with E-state index >= 15 is 0 Å². The van der Waals surface area contributed by atoms with Crippen molar-refractivity contribution in [3.63, 3.8) is 0 Å². The molecule has 0 N–H and O–H groups in total.